The van der Waals surface area contributed by atoms with Crippen molar-refractivity contribution >= 4 is 32.9 Å². The van der Waals surface area contributed by atoms with Crippen LogP contribution in [0.25, 0.3) is 11.0 Å². The van der Waals surface area contributed by atoms with E-state index in [1.165, 1.54) is 6.42 Å². The molecule has 6 heteroatoms. The normalized spacial score (nSPS) is 22.0. The van der Waals surface area contributed by atoms with Crippen LogP contribution in [0.4, 0.5) is 5.95 Å². The standard InChI is InChI=1S/C15H19BrN4O/c1-3-9-5-4-6-11(9)20-13-10(7-18-15(17)19-13)8(2)12(16)14(20)21/h7,9,11H,3-6H2,1-2H3,(H2,17,18,19)/t9-,11+/m0/s1. The van der Waals surface area contributed by atoms with Crippen LogP contribution in [0.2, 0.25) is 0 Å². The van der Waals surface area contributed by atoms with E-state index in [1.54, 1.807) is 6.20 Å². The first-order valence-electron chi connectivity index (χ1n) is 7.37. The molecule has 1 aliphatic carbocycles. The number of nitrogens with zero attached hydrogens (tertiary/aromatic N) is 3. The van der Waals surface area contributed by atoms with Crippen LogP contribution in [0.1, 0.15) is 44.2 Å². The van der Waals surface area contributed by atoms with Crippen molar-refractivity contribution in [3.63, 3.8) is 0 Å². The molecule has 1 fully saturated rings. The van der Waals surface area contributed by atoms with E-state index in [2.05, 4.69) is 32.8 Å². The maximum absolute atomic E-state index is 12.8. The molecule has 2 aromatic heterocycles. The predicted octanol–water partition coefficient (Wildman–Crippen LogP) is 3.20. The lowest BCUT2D eigenvalue weighted by Gasteiger charge is -2.23. The summed E-state index contributed by atoms with van der Waals surface area (Å²) in [5.74, 6) is 0.736. The van der Waals surface area contributed by atoms with E-state index in [0.29, 0.717) is 16.0 Å². The maximum Gasteiger partial charge on any atom is 0.267 e. The van der Waals surface area contributed by atoms with Crippen LogP contribution < -0.4 is 11.3 Å². The molecule has 0 aromatic carbocycles. The molecule has 1 aliphatic rings. The smallest absolute Gasteiger partial charge is 0.267 e. The molecule has 2 heterocycles. The number of nitrogen functional groups attached to an aromatic ring is 1. The van der Waals surface area contributed by atoms with Crippen molar-refractivity contribution in [1.29, 1.82) is 0 Å². The van der Waals surface area contributed by atoms with Gasteiger partial charge in [0.05, 0.1) is 4.47 Å². The number of halogens is 1. The van der Waals surface area contributed by atoms with Crippen LogP contribution in [0, 0.1) is 12.8 Å². The third kappa shape index (κ3) is 2.25. The van der Waals surface area contributed by atoms with E-state index in [1.807, 2.05) is 11.5 Å². The topological polar surface area (TPSA) is 73.8 Å². The summed E-state index contributed by atoms with van der Waals surface area (Å²) in [6.07, 6.45) is 6.13. The molecule has 1 saturated carbocycles. The Morgan fingerprint density at radius 2 is 2.24 bits per heavy atom. The summed E-state index contributed by atoms with van der Waals surface area (Å²) in [7, 11) is 0. The van der Waals surface area contributed by atoms with Gasteiger partial charge in [-0.25, -0.2) is 4.98 Å². The molecule has 0 aliphatic heterocycles. The monoisotopic (exact) mass is 350 g/mol. The lowest BCUT2D eigenvalue weighted by atomic mass is 10.00. The van der Waals surface area contributed by atoms with Crippen LogP contribution in [-0.4, -0.2) is 14.5 Å². The van der Waals surface area contributed by atoms with Gasteiger partial charge in [0.15, 0.2) is 0 Å². The quantitative estimate of drug-likeness (QED) is 0.902. The molecule has 2 atom stereocenters. The fourth-order valence-corrected chi connectivity index (χ4v) is 3.86. The van der Waals surface area contributed by atoms with E-state index < -0.39 is 0 Å². The third-order valence-electron chi connectivity index (χ3n) is 4.63. The zero-order valence-corrected chi connectivity index (χ0v) is 13.9. The first kappa shape index (κ1) is 14.5. The first-order chi connectivity index (χ1) is 10.0. The van der Waals surface area contributed by atoms with Crippen molar-refractivity contribution in [3.8, 4) is 0 Å². The number of pyridine rings is 1. The number of hydrogen-bond donors (Lipinski definition) is 1. The summed E-state index contributed by atoms with van der Waals surface area (Å²) in [6, 6.07) is 0.205. The van der Waals surface area contributed by atoms with Gasteiger partial charge in [0, 0.05) is 17.6 Å². The largest absolute Gasteiger partial charge is 0.368 e. The Kier molecular flexibility index (Phi) is 3.73. The molecule has 2 aromatic rings. The van der Waals surface area contributed by atoms with E-state index >= 15 is 0 Å². The van der Waals surface area contributed by atoms with Crippen molar-refractivity contribution in [2.45, 2.75) is 45.6 Å². The van der Waals surface area contributed by atoms with Gasteiger partial charge in [-0.05, 0) is 47.2 Å². The van der Waals surface area contributed by atoms with Crippen LogP contribution in [0.3, 0.4) is 0 Å². The van der Waals surface area contributed by atoms with Crippen molar-refractivity contribution in [1.82, 2.24) is 14.5 Å². The van der Waals surface area contributed by atoms with Gasteiger partial charge in [-0.15, -0.1) is 0 Å². The minimum Gasteiger partial charge on any atom is -0.368 e. The third-order valence-corrected chi connectivity index (χ3v) is 5.56. The molecule has 0 saturated heterocycles. The van der Waals surface area contributed by atoms with Gasteiger partial charge in [0.25, 0.3) is 5.56 Å². The number of rotatable bonds is 2. The Hall–Kier alpha value is -1.43. The second-order valence-electron chi connectivity index (χ2n) is 5.75. The Morgan fingerprint density at radius 1 is 1.48 bits per heavy atom. The number of anilines is 1. The van der Waals surface area contributed by atoms with Crippen LogP contribution >= 0.6 is 15.9 Å². The average molecular weight is 351 g/mol. The number of aromatic nitrogens is 3. The predicted molar refractivity (Wildman–Crippen MR) is 87.3 cm³/mol. The molecule has 0 unspecified atom stereocenters. The summed E-state index contributed by atoms with van der Waals surface area (Å²) in [4.78, 5) is 21.2. The van der Waals surface area contributed by atoms with Crippen molar-refractivity contribution in [2.75, 3.05) is 5.73 Å². The highest BCUT2D eigenvalue weighted by Gasteiger charge is 2.30. The minimum absolute atomic E-state index is 0.0107. The van der Waals surface area contributed by atoms with E-state index in [9.17, 15) is 4.79 Å². The zero-order chi connectivity index (χ0) is 15.1. The highest BCUT2D eigenvalue weighted by atomic mass is 79.9. The van der Waals surface area contributed by atoms with Gasteiger partial charge in [-0.1, -0.05) is 19.8 Å². The number of hydrogen-bond acceptors (Lipinski definition) is 4. The maximum atomic E-state index is 12.8. The summed E-state index contributed by atoms with van der Waals surface area (Å²) in [5, 5.41) is 0.887. The van der Waals surface area contributed by atoms with Crippen molar-refractivity contribution < 1.29 is 0 Å². The Bertz CT molecular complexity index is 755. The van der Waals surface area contributed by atoms with Crippen molar-refractivity contribution in [3.05, 3.63) is 26.6 Å². The van der Waals surface area contributed by atoms with Crippen molar-refractivity contribution in [2.24, 2.45) is 5.92 Å². The molecule has 0 amide bonds. The lowest BCUT2D eigenvalue weighted by Crippen LogP contribution is -2.29. The Labute approximate surface area is 131 Å². The molecule has 21 heavy (non-hydrogen) atoms. The van der Waals surface area contributed by atoms with E-state index in [0.717, 1.165) is 30.2 Å². The van der Waals surface area contributed by atoms with Gasteiger partial charge >= 0.3 is 0 Å². The molecule has 0 bridgehead atoms. The second-order valence-corrected chi connectivity index (χ2v) is 6.54. The van der Waals surface area contributed by atoms with Gasteiger partial charge in [-0.3, -0.25) is 9.36 Å². The van der Waals surface area contributed by atoms with E-state index in [4.69, 9.17) is 5.73 Å². The molecule has 0 spiro atoms. The number of aryl methyl sites for hydroxylation is 1. The molecule has 112 valence electrons. The Morgan fingerprint density at radius 3 is 2.95 bits per heavy atom. The molecule has 5 nitrogen and oxygen atoms in total. The van der Waals surface area contributed by atoms with Crippen LogP contribution in [-0.2, 0) is 0 Å². The fourth-order valence-electron chi connectivity index (χ4n) is 3.46. The highest BCUT2D eigenvalue weighted by Crippen LogP contribution is 2.38. The van der Waals surface area contributed by atoms with Crippen LogP contribution in [0.5, 0.6) is 0 Å². The zero-order valence-electron chi connectivity index (χ0n) is 12.3. The van der Waals surface area contributed by atoms with Gasteiger partial charge in [-0.2, -0.15) is 4.98 Å². The lowest BCUT2D eigenvalue weighted by molar-refractivity contribution is 0.369. The van der Waals surface area contributed by atoms with Gasteiger partial charge in [0.1, 0.15) is 5.65 Å². The molecular formula is C15H19BrN4O. The molecular weight excluding hydrogens is 332 g/mol. The average Bonchev–Trinajstić information content (AvgIpc) is 2.93. The Balaban J connectivity index is 2.35. The second kappa shape index (κ2) is 5.40. The summed E-state index contributed by atoms with van der Waals surface area (Å²) < 4.78 is 2.44. The molecule has 2 N–H and O–H groups in total. The highest BCUT2D eigenvalue weighted by molar-refractivity contribution is 9.10. The van der Waals surface area contributed by atoms with Gasteiger partial charge in [0.2, 0.25) is 5.95 Å². The summed E-state index contributed by atoms with van der Waals surface area (Å²) in [5.41, 5.74) is 7.27. The minimum atomic E-state index is -0.0107. The first-order valence-corrected chi connectivity index (χ1v) is 8.16. The number of nitrogens with two attached hydrogens (primary N) is 1. The fraction of sp³-hybridized carbons (Fsp3) is 0.533. The van der Waals surface area contributed by atoms with Gasteiger partial charge < -0.3 is 5.73 Å². The van der Waals surface area contributed by atoms with Crippen LogP contribution in [0.15, 0.2) is 15.5 Å². The SMILES string of the molecule is CC[C@H]1CCC[C@H]1n1c(=O)c(Br)c(C)c2cnc(N)nc21. The summed E-state index contributed by atoms with van der Waals surface area (Å²) in [6.45, 7) is 4.09. The van der Waals surface area contributed by atoms with E-state index in [-0.39, 0.29) is 17.5 Å². The number of fused-ring (bicyclic) bond motifs is 1. The summed E-state index contributed by atoms with van der Waals surface area (Å²) >= 11 is 3.44. The molecule has 0 radical (unpaired) electrons. The molecule has 3 rings (SSSR count).